The average molecular weight is 500 g/mol. The highest BCUT2D eigenvalue weighted by Crippen LogP contribution is 2.34. The zero-order valence-corrected chi connectivity index (χ0v) is 20.8. The first-order valence-corrected chi connectivity index (χ1v) is 12.8. The standard InChI is InChI=1S/C25H29N3O6S/c1-18(29)28-11-10-19-6-4-5-7-21(19)22(28)17-25(30)26-12-14-27(15-13-26)35(31,32)20-8-9-23(33-2)24(16-20)34-3/h4-11,16,22H,12-15,17H2,1-3H3/t22-/m0/s1. The molecule has 0 aliphatic carbocycles. The molecule has 9 nitrogen and oxygen atoms in total. The Bertz CT molecular complexity index is 1250. The number of methoxy groups -OCH3 is 2. The predicted octanol–water partition coefficient (Wildman–Crippen LogP) is 2.50. The molecule has 0 saturated carbocycles. The van der Waals surface area contributed by atoms with Crippen LogP contribution in [0, 0.1) is 0 Å². The van der Waals surface area contributed by atoms with Gasteiger partial charge in [0.05, 0.1) is 31.6 Å². The second-order valence-corrected chi connectivity index (χ2v) is 10.3. The topological polar surface area (TPSA) is 96.5 Å². The van der Waals surface area contributed by atoms with Gasteiger partial charge in [0.1, 0.15) is 0 Å². The van der Waals surface area contributed by atoms with E-state index in [2.05, 4.69) is 0 Å². The smallest absolute Gasteiger partial charge is 0.243 e. The molecule has 186 valence electrons. The van der Waals surface area contributed by atoms with E-state index < -0.39 is 16.1 Å². The van der Waals surface area contributed by atoms with Crippen LogP contribution in [0.1, 0.15) is 30.5 Å². The maximum Gasteiger partial charge on any atom is 0.243 e. The highest BCUT2D eigenvalue weighted by Gasteiger charge is 2.34. The fourth-order valence-corrected chi connectivity index (χ4v) is 5.95. The second kappa shape index (κ2) is 10.1. The summed E-state index contributed by atoms with van der Waals surface area (Å²) in [5.74, 6) is 0.522. The van der Waals surface area contributed by atoms with E-state index in [0.29, 0.717) is 11.5 Å². The lowest BCUT2D eigenvalue weighted by Crippen LogP contribution is -2.51. The SMILES string of the molecule is COc1ccc(S(=O)(=O)N2CCN(C(=O)C[C@H]3c4ccccc4C=CN3C(C)=O)CC2)cc1OC. The summed E-state index contributed by atoms with van der Waals surface area (Å²) in [6.45, 7) is 2.39. The van der Waals surface area contributed by atoms with Crippen LogP contribution in [0.3, 0.4) is 0 Å². The van der Waals surface area contributed by atoms with Crippen LogP contribution in [0.25, 0.3) is 6.08 Å². The summed E-state index contributed by atoms with van der Waals surface area (Å²) in [6, 6.07) is 11.8. The molecule has 2 aromatic rings. The molecule has 2 amide bonds. The summed E-state index contributed by atoms with van der Waals surface area (Å²) in [6.07, 6.45) is 3.72. The highest BCUT2D eigenvalue weighted by molar-refractivity contribution is 7.89. The molecule has 0 radical (unpaired) electrons. The maximum absolute atomic E-state index is 13.2. The van der Waals surface area contributed by atoms with Crippen LogP contribution in [0.5, 0.6) is 11.5 Å². The van der Waals surface area contributed by atoms with Gasteiger partial charge in [-0.15, -0.1) is 0 Å². The third-order valence-electron chi connectivity index (χ3n) is 6.42. The average Bonchev–Trinajstić information content (AvgIpc) is 2.88. The molecule has 2 aliphatic rings. The van der Waals surface area contributed by atoms with Gasteiger partial charge in [-0.2, -0.15) is 4.31 Å². The zero-order valence-electron chi connectivity index (χ0n) is 20.0. The number of rotatable bonds is 6. The number of carbonyl (C=O) groups excluding carboxylic acids is 2. The molecular formula is C25H29N3O6S. The fraction of sp³-hybridized carbons (Fsp3) is 0.360. The van der Waals surface area contributed by atoms with Gasteiger partial charge < -0.3 is 19.3 Å². The summed E-state index contributed by atoms with van der Waals surface area (Å²) >= 11 is 0. The molecule has 1 fully saturated rings. The molecule has 1 atom stereocenters. The van der Waals surface area contributed by atoms with Crippen LogP contribution in [0.15, 0.2) is 53.6 Å². The van der Waals surface area contributed by atoms with Gasteiger partial charge in [-0.05, 0) is 29.3 Å². The minimum atomic E-state index is -3.76. The molecule has 4 rings (SSSR count). The van der Waals surface area contributed by atoms with E-state index in [4.69, 9.17) is 9.47 Å². The van der Waals surface area contributed by atoms with Crippen molar-refractivity contribution in [1.82, 2.24) is 14.1 Å². The van der Waals surface area contributed by atoms with Gasteiger partial charge in [0, 0.05) is 45.4 Å². The van der Waals surface area contributed by atoms with Crippen molar-refractivity contribution >= 4 is 27.9 Å². The number of ether oxygens (including phenoxy) is 2. The summed E-state index contributed by atoms with van der Waals surface area (Å²) in [4.78, 5) is 28.8. The van der Waals surface area contributed by atoms with Gasteiger partial charge in [-0.25, -0.2) is 8.42 Å². The second-order valence-electron chi connectivity index (χ2n) is 8.39. The molecule has 0 unspecified atom stereocenters. The van der Waals surface area contributed by atoms with Gasteiger partial charge in [-0.3, -0.25) is 9.59 Å². The van der Waals surface area contributed by atoms with Crippen LogP contribution in [0.4, 0.5) is 0 Å². The van der Waals surface area contributed by atoms with E-state index in [1.165, 1.54) is 37.6 Å². The number of carbonyl (C=O) groups is 2. The van der Waals surface area contributed by atoms with E-state index in [1.807, 2.05) is 30.3 Å². The Kier molecular flexibility index (Phi) is 7.13. The fourth-order valence-electron chi connectivity index (χ4n) is 4.51. The Morgan fingerprint density at radius 3 is 2.31 bits per heavy atom. The Morgan fingerprint density at radius 2 is 1.66 bits per heavy atom. The van der Waals surface area contributed by atoms with Crippen LogP contribution in [-0.2, 0) is 19.6 Å². The number of hydrogen-bond acceptors (Lipinski definition) is 6. The molecule has 0 N–H and O–H groups in total. The van der Waals surface area contributed by atoms with Crippen molar-refractivity contribution in [1.29, 1.82) is 0 Å². The van der Waals surface area contributed by atoms with Crippen molar-refractivity contribution < 1.29 is 27.5 Å². The predicted molar refractivity (Wildman–Crippen MR) is 130 cm³/mol. The number of nitrogens with zero attached hydrogens (tertiary/aromatic N) is 3. The number of fused-ring (bicyclic) bond motifs is 1. The van der Waals surface area contributed by atoms with Crippen LogP contribution in [-0.4, -0.2) is 74.7 Å². The molecule has 2 aliphatic heterocycles. The van der Waals surface area contributed by atoms with E-state index in [1.54, 1.807) is 22.1 Å². The van der Waals surface area contributed by atoms with Crippen LogP contribution >= 0.6 is 0 Å². The molecular weight excluding hydrogens is 470 g/mol. The highest BCUT2D eigenvalue weighted by atomic mass is 32.2. The van der Waals surface area contributed by atoms with E-state index >= 15 is 0 Å². The molecule has 1 saturated heterocycles. The van der Waals surface area contributed by atoms with Crippen molar-refractivity contribution in [3.63, 3.8) is 0 Å². The van der Waals surface area contributed by atoms with Gasteiger partial charge in [0.15, 0.2) is 11.5 Å². The summed E-state index contributed by atoms with van der Waals surface area (Å²) in [5.41, 5.74) is 1.90. The van der Waals surface area contributed by atoms with E-state index in [9.17, 15) is 18.0 Å². The number of sulfonamides is 1. The van der Waals surface area contributed by atoms with Gasteiger partial charge >= 0.3 is 0 Å². The minimum Gasteiger partial charge on any atom is -0.493 e. The van der Waals surface area contributed by atoms with Crippen LogP contribution < -0.4 is 9.47 Å². The maximum atomic E-state index is 13.2. The third kappa shape index (κ3) is 4.89. The van der Waals surface area contributed by atoms with Crippen molar-refractivity contribution in [2.75, 3.05) is 40.4 Å². The lowest BCUT2D eigenvalue weighted by Gasteiger charge is -2.37. The summed E-state index contributed by atoms with van der Waals surface area (Å²) in [7, 11) is -0.821. The van der Waals surface area contributed by atoms with Crippen molar-refractivity contribution in [3.8, 4) is 11.5 Å². The Labute approximate surface area is 205 Å². The molecule has 2 aromatic carbocycles. The summed E-state index contributed by atoms with van der Waals surface area (Å²) in [5, 5.41) is 0. The Hall–Kier alpha value is -3.37. The minimum absolute atomic E-state index is 0.109. The van der Waals surface area contributed by atoms with Crippen molar-refractivity contribution in [2.45, 2.75) is 24.3 Å². The third-order valence-corrected chi connectivity index (χ3v) is 8.32. The van der Waals surface area contributed by atoms with E-state index in [0.717, 1.165) is 11.1 Å². The first kappa shape index (κ1) is 24.7. The van der Waals surface area contributed by atoms with Crippen molar-refractivity contribution in [3.05, 3.63) is 59.8 Å². The molecule has 35 heavy (non-hydrogen) atoms. The molecule has 0 spiro atoms. The van der Waals surface area contributed by atoms with Crippen molar-refractivity contribution in [2.24, 2.45) is 0 Å². The number of benzene rings is 2. The monoisotopic (exact) mass is 499 g/mol. The van der Waals surface area contributed by atoms with E-state index in [-0.39, 0.29) is 49.3 Å². The first-order valence-electron chi connectivity index (χ1n) is 11.3. The quantitative estimate of drug-likeness (QED) is 0.606. The molecule has 10 heteroatoms. The molecule has 0 aromatic heterocycles. The zero-order chi connectivity index (χ0) is 25.2. The van der Waals surface area contributed by atoms with Gasteiger partial charge in [-0.1, -0.05) is 24.3 Å². The lowest BCUT2D eigenvalue weighted by molar-refractivity contribution is -0.135. The number of piperazine rings is 1. The largest absolute Gasteiger partial charge is 0.493 e. The Morgan fingerprint density at radius 1 is 0.971 bits per heavy atom. The summed E-state index contributed by atoms with van der Waals surface area (Å²) < 4.78 is 38.2. The van der Waals surface area contributed by atoms with Crippen LogP contribution in [0.2, 0.25) is 0 Å². The first-order chi connectivity index (χ1) is 16.8. The van der Waals surface area contributed by atoms with Gasteiger partial charge in [0.2, 0.25) is 21.8 Å². The number of hydrogen-bond donors (Lipinski definition) is 0. The Balaban J connectivity index is 1.44. The van der Waals surface area contributed by atoms with Gasteiger partial charge in [0.25, 0.3) is 0 Å². The number of amides is 2. The lowest BCUT2D eigenvalue weighted by atomic mass is 9.93. The normalized spacial score (nSPS) is 18.2. The molecule has 0 bridgehead atoms. The molecule has 2 heterocycles.